The first kappa shape index (κ1) is 15.8. The van der Waals surface area contributed by atoms with Gasteiger partial charge in [-0.3, -0.25) is 4.72 Å². The molecule has 0 radical (unpaired) electrons. The largest absolute Gasteiger partial charge is 0.387 e. The lowest BCUT2D eigenvalue weighted by Crippen LogP contribution is -2.15. The minimum Gasteiger partial charge on any atom is -0.387 e. The van der Waals surface area contributed by atoms with E-state index in [0.717, 1.165) is 12.3 Å². The van der Waals surface area contributed by atoms with Crippen LogP contribution in [0.1, 0.15) is 0 Å². The van der Waals surface area contributed by atoms with Crippen molar-refractivity contribution in [2.45, 2.75) is 9.79 Å². The van der Waals surface area contributed by atoms with E-state index in [1.54, 1.807) is 23.9 Å². The molecule has 0 amide bonds. The van der Waals surface area contributed by atoms with Gasteiger partial charge in [-0.25, -0.2) is 16.8 Å². The predicted molar refractivity (Wildman–Crippen MR) is 84.2 cm³/mol. The van der Waals surface area contributed by atoms with Crippen LogP contribution in [0.5, 0.6) is 0 Å². The molecule has 0 saturated heterocycles. The summed E-state index contributed by atoms with van der Waals surface area (Å²) in [6.45, 7) is 0. The van der Waals surface area contributed by atoms with Gasteiger partial charge in [0, 0.05) is 18.7 Å². The fourth-order valence-electron chi connectivity index (χ4n) is 1.69. The SMILES string of the molecule is CNc1ccc(S(C)(=O)=O)cc1S(=O)(=O)Nc1ccsc1. The van der Waals surface area contributed by atoms with Gasteiger partial charge in [-0.05, 0) is 29.6 Å². The second-order valence-electron chi connectivity index (χ2n) is 4.30. The Bertz CT molecular complexity index is 841. The second-order valence-corrected chi connectivity index (χ2v) is 8.74. The van der Waals surface area contributed by atoms with Gasteiger partial charge >= 0.3 is 0 Å². The second kappa shape index (κ2) is 5.66. The summed E-state index contributed by atoms with van der Waals surface area (Å²) in [7, 11) is -5.80. The molecule has 0 aliphatic rings. The molecule has 21 heavy (non-hydrogen) atoms. The van der Waals surface area contributed by atoms with Crippen LogP contribution < -0.4 is 10.0 Å². The highest BCUT2D eigenvalue weighted by Gasteiger charge is 2.21. The van der Waals surface area contributed by atoms with Gasteiger partial charge in [0.1, 0.15) is 4.90 Å². The molecule has 0 atom stereocenters. The Labute approximate surface area is 127 Å². The normalized spacial score (nSPS) is 12.1. The van der Waals surface area contributed by atoms with Crippen LogP contribution in [-0.2, 0) is 19.9 Å². The van der Waals surface area contributed by atoms with E-state index >= 15 is 0 Å². The van der Waals surface area contributed by atoms with E-state index in [0.29, 0.717) is 11.4 Å². The average Bonchev–Trinajstić information content (AvgIpc) is 2.89. The van der Waals surface area contributed by atoms with E-state index < -0.39 is 19.9 Å². The number of hydrogen-bond donors (Lipinski definition) is 2. The van der Waals surface area contributed by atoms with E-state index in [1.165, 1.54) is 23.5 Å². The van der Waals surface area contributed by atoms with Gasteiger partial charge in [0.2, 0.25) is 0 Å². The quantitative estimate of drug-likeness (QED) is 0.864. The summed E-state index contributed by atoms with van der Waals surface area (Å²) < 4.78 is 50.4. The van der Waals surface area contributed by atoms with Gasteiger partial charge in [0.15, 0.2) is 9.84 Å². The Morgan fingerprint density at radius 1 is 1.10 bits per heavy atom. The average molecular weight is 346 g/mol. The van der Waals surface area contributed by atoms with Gasteiger partial charge < -0.3 is 5.32 Å². The topological polar surface area (TPSA) is 92.3 Å². The van der Waals surface area contributed by atoms with E-state index in [9.17, 15) is 16.8 Å². The number of anilines is 2. The van der Waals surface area contributed by atoms with Gasteiger partial charge in [-0.15, -0.1) is 0 Å². The molecule has 0 saturated carbocycles. The van der Waals surface area contributed by atoms with Crippen LogP contribution in [-0.4, -0.2) is 30.1 Å². The summed E-state index contributed by atoms with van der Waals surface area (Å²) in [6.07, 6.45) is 1.03. The van der Waals surface area contributed by atoms with Crippen molar-refractivity contribution in [3.63, 3.8) is 0 Å². The van der Waals surface area contributed by atoms with Crippen LogP contribution in [0.4, 0.5) is 11.4 Å². The van der Waals surface area contributed by atoms with Crippen LogP contribution in [0.25, 0.3) is 0 Å². The summed E-state index contributed by atoms with van der Waals surface area (Å²) in [6, 6.07) is 5.57. The molecule has 6 nitrogen and oxygen atoms in total. The highest BCUT2D eigenvalue weighted by molar-refractivity contribution is 7.93. The van der Waals surface area contributed by atoms with E-state index in [4.69, 9.17) is 0 Å². The van der Waals surface area contributed by atoms with Crippen molar-refractivity contribution in [3.05, 3.63) is 35.0 Å². The van der Waals surface area contributed by atoms with Crippen LogP contribution in [0.15, 0.2) is 44.8 Å². The number of sulfone groups is 1. The Kier molecular flexibility index (Phi) is 4.26. The third-order valence-corrected chi connectivity index (χ3v) is 5.93. The van der Waals surface area contributed by atoms with Crippen molar-refractivity contribution in [3.8, 4) is 0 Å². The van der Waals surface area contributed by atoms with Crippen LogP contribution in [0.3, 0.4) is 0 Å². The van der Waals surface area contributed by atoms with Crippen LogP contribution >= 0.6 is 11.3 Å². The van der Waals surface area contributed by atoms with Crippen molar-refractivity contribution in [1.29, 1.82) is 0 Å². The highest BCUT2D eigenvalue weighted by atomic mass is 32.2. The molecule has 9 heteroatoms. The number of hydrogen-bond acceptors (Lipinski definition) is 6. The zero-order valence-electron chi connectivity index (χ0n) is 11.3. The molecule has 0 fully saturated rings. The summed E-state index contributed by atoms with van der Waals surface area (Å²) in [4.78, 5) is -0.161. The monoisotopic (exact) mass is 346 g/mol. The van der Waals surface area contributed by atoms with Crippen molar-refractivity contribution in [2.75, 3.05) is 23.3 Å². The Morgan fingerprint density at radius 3 is 2.33 bits per heavy atom. The smallest absolute Gasteiger partial charge is 0.264 e. The molecular formula is C12H14N2O4S3. The fourth-order valence-corrected chi connectivity index (χ4v) is 4.37. The Hall–Kier alpha value is -1.58. The maximum absolute atomic E-state index is 12.4. The fraction of sp³-hybridized carbons (Fsp3) is 0.167. The molecule has 0 bridgehead atoms. The predicted octanol–water partition coefficient (Wildman–Crippen LogP) is 1.99. The molecule has 0 aliphatic carbocycles. The third kappa shape index (κ3) is 3.55. The highest BCUT2D eigenvalue weighted by Crippen LogP contribution is 2.27. The number of nitrogens with one attached hydrogen (secondary N) is 2. The maximum Gasteiger partial charge on any atom is 0.264 e. The lowest BCUT2D eigenvalue weighted by atomic mass is 10.3. The molecule has 0 spiro atoms. The minimum absolute atomic E-state index is 0.0489. The van der Waals surface area contributed by atoms with Gasteiger partial charge in [0.05, 0.1) is 16.3 Å². The summed E-state index contributed by atoms with van der Waals surface area (Å²) in [5.74, 6) is 0. The van der Waals surface area contributed by atoms with Gasteiger partial charge in [0.25, 0.3) is 10.0 Å². The summed E-state index contributed by atoms with van der Waals surface area (Å²) in [5.41, 5.74) is 0.761. The number of thiophene rings is 1. The van der Waals surface area contributed by atoms with Gasteiger partial charge in [-0.1, -0.05) is 0 Å². The lowest BCUT2D eigenvalue weighted by molar-refractivity contribution is 0.600. The molecule has 2 N–H and O–H groups in total. The van der Waals surface area contributed by atoms with Crippen molar-refractivity contribution in [2.24, 2.45) is 0 Å². The number of benzene rings is 1. The first-order valence-corrected chi connectivity index (χ1v) is 10.1. The lowest BCUT2D eigenvalue weighted by Gasteiger charge is -2.12. The first-order valence-electron chi connectivity index (χ1n) is 5.81. The van der Waals surface area contributed by atoms with Crippen LogP contribution in [0.2, 0.25) is 0 Å². The van der Waals surface area contributed by atoms with E-state index in [2.05, 4.69) is 10.0 Å². The van der Waals surface area contributed by atoms with E-state index in [1.807, 2.05) is 0 Å². The van der Waals surface area contributed by atoms with Crippen LogP contribution in [0, 0.1) is 0 Å². The van der Waals surface area contributed by atoms with Gasteiger partial charge in [-0.2, -0.15) is 11.3 Å². The standard InChI is InChI=1S/C12H14N2O4S3/c1-13-11-4-3-10(20(2,15)16)7-12(11)21(17,18)14-9-5-6-19-8-9/h3-8,13-14H,1-2H3. The zero-order valence-corrected chi connectivity index (χ0v) is 13.8. The Balaban J connectivity index is 2.55. The molecule has 2 aromatic rings. The molecule has 1 heterocycles. The number of sulfonamides is 1. The van der Waals surface area contributed by atoms with Crippen molar-refractivity contribution < 1.29 is 16.8 Å². The maximum atomic E-state index is 12.4. The number of rotatable bonds is 5. The molecule has 114 valence electrons. The Morgan fingerprint density at radius 2 is 1.81 bits per heavy atom. The van der Waals surface area contributed by atoms with E-state index in [-0.39, 0.29) is 9.79 Å². The minimum atomic E-state index is -3.88. The molecule has 0 unspecified atom stereocenters. The third-order valence-electron chi connectivity index (χ3n) is 2.71. The summed E-state index contributed by atoms with van der Waals surface area (Å²) >= 11 is 1.35. The van der Waals surface area contributed by atoms with Crippen molar-refractivity contribution >= 4 is 42.6 Å². The molecule has 0 aliphatic heterocycles. The zero-order chi connectivity index (χ0) is 15.7. The first-order chi connectivity index (χ1) is 9.74. The summed E-state index contributed by atoms with van der Waals surface area (Å²) in [5, 5.41) is 6.14. The molecule has 1 aromatic carbocycles. The molecule has 1 aromatic heterocycles. The van der Waals surface area contributed by atoms with Crippen molar-refractivity contribution in [1.82, 2.24) is 0 Å². The molecular weight excluding hydrogens is 332 g/mol. The molecule has 2 rings (SSSR count).